The molecular weight excluding hydrogens is 428 g/mol. The van der Waals surface area contributed by atoms with Crippen LogP contribution in [0.5, 0.6) is 11.5 Å². The highest BCUT2D eigenvalue weighted by atomic mass is 32.2. The van der Waals surface area contributed by atoms with Crippen LogP contribution in [0.4, 0.5) is 0 Å². The first kappa shape index (κ1) is 20.1. The van der Waals surface area contributed by atoms with Crippen LogP contribution >= 0.6 is 23.1 Å². The van der Waals surface area contributed by atoms with Gasteiger partial charge in [0.25, 0.3) is 0 Å². The van der Waals surface area contributed by atoms with Gasteiger partial charge in [-0.15, -0.1) is 21.5 Å². The molecule has 0 bridgehead atoms. The second-order valence-electron chi connectivity index (χ2n) is 7.64. The van der Waals surface area contributed by atoms with Crippen molar-refractivity contribution < 1.29 is 9.47 Å². The fraction of sp³-hybridized carbons (Fsp3) is 0.261. The molecule has 3 heterocycles. The van der Waals surface area contributed by atoms with Crippen molar-refractivity contribution in [2.24, 2.45) is 7.05 Å². The molecule has 1 aliphatic rings. The number of ether oxygens (including phenoxy) is 2. The lowest BCUT2D eigenvalue weighted by Crippen LogP contribution is -1.96. The smallest absolute Gasteiger partial charge is 0.231 e. The van der Waals surface area contributed by atoms with Crippen molar-refractivity contribution in [1.82, 2.24) is 19.7 Å². The maximum atomic E-state index is 5.48. The molecule has 0 amide bonds. The van der Waals surface area contributed by atoms with Crippen LogP contribution in [-0.2, 0) is 12.8 Å². The highest BCUT2D eigenvalue weighted by molar-refractivity contribution is 7.98. The Kier molecular flexibility index (Phi) is 5.41. The van der Waals surface area contributed by atoms with Gasteiger partial charge >= 0.3 is 0 Å². The molecule has 0 unspecified atom stereocenters. The van der Waals surface area contributed by atoms with E-state index in [0.29, 0.717) is 5.92 Å². The number of thioether (sulfide) groups is 1. The molecule has 6 nitrogen and oxygen atoms in total. The van der Waals surface area contributed by atoms with Gasteiger partial charge < -0.3 is 14.0 Å². The highest BCUT2D eigenvalue weighted by Crippen LogP contribution is 2.37. The third-order valence-electron chi connectivity index (χ3n) is 5.19. The summed E-state index contributed by atoms with van der Waals surface area (Å²) in [7, 11) is 2.01. The van der Waals surface area contributed by atoms with E-state index in [9.17, 15) is 0 Å². The van der Waals surface area contributed by atoms with E-state index < -0.39 is 0 Å². The first-order chi connectivity index (χ1) is 15.1. The van der Waals surface area contributed by atoms with Crippen LogP contribution in [-0.4, -0.2) is 26.5 Å². The van der Waals surface area contributed by atoms with E-state index in [-0.39, 0.29) is 6.79 Å². The van der Waals surface area contributed by atoms with Crippen molar-refractivity contribution >= 4 is 23.1 Å². The Morgan fingerprint density at radius 2 is 1.81 bits per heavy atom. The van der Waals surface area contributed by atoms with E-state index in [1.54, 1.807) is 23.1 Å². The molecule has 1 aliphatic heterocycles. The molecule has 0 saturated carbocycles. The molecule has 2 aromatic heterocycles. The van der Waals surface area contributed by atoms with Crippen LogP contribution in [0.1, 0.15) is 31.0 Å². The van der Waals surface area contributed by atoms with E-state index in [1.807, 2.05) is 29.8 Å². The summed E-state index contributed by atoms with van der Waals surface area (Å²) in [5.41, 5.74) is 4.46. The van der Waals surface area contributed by atoms with Crippen molar-refractivity contribution in [3.63, 3.8) is 0 Å². The predicted octanol–water partition coefficient (Wildman–Crippen LogP) is 5.75. The van der Waals surface area contributed by atoms with Crippen LogP contribution in [0.15, 0.2) is 53.0 Å². The molecule has 0 saturated heterocycles. The van der Waals surface area contributed by atoms with Gasteiger partial charge in [-0.1, -0.05) is 49.9 Å². The van der Waals surface area contributed by atoms with E-state index in [4.69, 9.17) is 14.5 Å². The molecule has 0 aliphatic carbocycles. The Hall–Kier alpha value is -2.84. The van der Waals surface area contributed by atoms with E-state index in [2.05, 4.69) is 53.7 Å². The number of hydrogen-bond donors (Lipinski definition) is 0. The van der Waals surface area contributed by atoms with E-state index in [0.717, 1.165) is 50.1 Å². The quantitative estimate of drug-likeness (QED) is 0.349. The molecule has 0 fully saturated rings. The number of rotatable bonds is 6. The molecule has 5 rings (SSSR count). The van der Waals surface area contributed by atoms with Gasteiger partial charge in [0.15, 0.2) is 22.5 Å². The third-order valence-corrected chi connectivity index (χ3v) is 7.18. The van der Waals surface area contributed by atoms with Gasteiger partial charge in [0.2, 0.25) is 6.79 Å². The van der Waals surface area contributed by atoms with Crippen molar-refractivity contribution in [2.45, 2.75) is 30.7 Å². The second kappa shape index (κ2) is 8.36. The van der Waals surface area contributed by atoms with Crippen molar-refractivity contribution in [3.05, 3.63) is 59.1 Å². The summed E-state index contributed by atoms with van der Waals surface area (Å²) < 4.78 is 12.9. The molecule has 4 aromatic rings. The summed E-state index contributed by atoms with van der Waals surface area (Å²) in [6, 6.07) is 14.5. The number of hydrogen-bond acceptors (Lipinski definition) is 7. The summed E-state index contributed by atoms with van der Waals surface area (Å²) in [6.45, 7) is 4.67. The van der Waals surface area contributed by atoms with Crippen molar-refractivity contribution in [3.8, 4) is 33.5 Å². The predicted molar refractivity (Wildman–Crippen MR) is 124 cm³/mol. The molecule has 2 aromatic carbocycles. The Morgan fingerprint density at radius 3 is 2.61 bits per heavy atom. The first-order valence-corrected chi connectivity index (χ1v) is 11.9. The summed E-state index contributed by atoms with van der Waals surface area (Å²) in [5.74, 6) is 3.68. The largest absolute Gasteiger partial charge is 0.454 e. The standard InChI is InChI=1S/C23H22N4O2S2/c1-14(2)15-4-6-16(7-5-15)21-25-26-23(27(21)3)31-12-18-11-30-22(24-18)17-8-9-19-20(10-17)29-13-28-19/h4-11,14H,12-13H2,1-3H3. The van der Waals surface area contributed by atoms with Gasteiger partial charge in [0.1, 0.15) is 5.01 Å². The fourth-order valence-electron chi connectivity index (χ4n) is 3.38. The molecule has 8 heteroatoms. The Balaban J connectivity index is 1.28. The van der Waals surface area contributed by atoms with Gasteiger partial charge in [0.05, 0.1) is 5.69 Å². The second-order valence-corrected chi connectivity index (χ2v) is 9.44. The average molecular weight is 451 g/mol. The van der Waals surface area contributed by atoms with Crippen LogP contribution in [0.25, 0.3) is 22.0 Å². The van der Waals surface area contributed by atoms with Crippen molar-refractivity contribution in [2.75, 3.05) is 6.79 Å². The van der Waals surface area contributed by atoms with Crippen LogP contribution in [0, 0.1) is 0 Å². The normalized spacial score (nSPS) is 12.6. The van der Waals surface area contributed by atoms with Gasteiger partial charge in [-0.2, -0.15) is 0 Å². The number of aromatic nitrogens is 4. The van der Waals surface area contributed by atoms with E-state index >= 15 is 0 Å². The molecule has 0 atom stereocenters. The number of thiazole rings is 1. The Bertz CT molecular complexity index is 1210. The maximum absolute atomic E-state index is 5.48. The topological polar surface area (TPSA) is 62.1 Å². The molecule has 0 spiro atoms. The number of nitrogens with zero attached hydrogens (tertiary/aromatic N) is 4. The van der Waals surface area contributed by atoms with Crippen LogP contribution in [0.3, 0.4) is 0 Å². The van der Waals surface area contributed by atoms with Crippen LogP contribution in [0.2, 0.25) is 0 Å². The van der Waals surface area contributed by atoms with Gasteiger partial charge in [0, 0.05) is 29.3 Å². The highest BCUT2D eigenvalue weighted by Gasteiger charge is 2.16. The third kappa shape index (κ3) is 4.05. The first-order valence-electron chi connectivity index (χ1n) is 10.1. The lowest BCUT2D eigenvalue weighted by atomic mass is 10.0. The van der Waals surface area contributed by atoms with E-state index in [1.165, 1.54) is 5.56 Å². The minimum atomic E-state index is 0.278. The zero-order valence-electron chi connectivity index (χ0n) is 17.5. The van der Waals surface area contributed by atoms with Gasteiger partial charge in [-0.05, 0) is 29.7 Å². The van der Waals surface area contributed by atoms with Crippen molar-refractivity contribution in [1.29, 1.82) is 0 Å². The summed E-state index contributed by atoms with van der Waals surface area (Å²) >= 11 is 3.27. The minimum Gasteiger partial charge on any atom is -0.454 e. The molecular formula is C23H22N4O2S2. The Morgan fingerprint density at radius 1 is 1.03 bits per heavy atom. The summed E-state index contributed by atoms with van der Waals surface area (Å²) in [4.78, 5) is 4.79. The van der Waals surface area contributed by atoms with Gasteiger partial charge in [-0.3, -0.25) is 0 Å². The monoisotopic (exact) mass is 450 g/mol. The lowest BCUT2D eigenvalue weighted by Gasteiger charge is -2.07. The molecule has 31 heavy (non-hydrogen) atoms. The zero-order valence-corrected chi connectivity index (χ0v) is 19.2. The number of fused-ring (bicyclic) bond motifs is 1. The molecule has 0 N–H and O–H groups in total. The molecule has 158 valence electrons. The average Bonchev–Trinajstić information content (AvgIpc) is 3.52. The van der Waals surface area contributed by atoms with Gasteiger partial charge in [-0.25, -0.2) is 4.98 Å². The Labute approximate surface area is 189 Å². The summed E-state index contributed by atoms with van der Waals surface area (Å²) in [6.07, 6.45) is 0. The summed E-state index contributed by atoms with van der Waals surface area (Å²) in [5, 5.41) is 12.7. The number of benzene rings is 2. The van der Waals surface area contributed by atoms with Crippen LogP contribution < -0.4 is 9.47 Å². The fourth-order valence-corrected chi connectivity index (χ4v) is 5.11. The minimum absolute atomic E-state index is 0.278. The molecule has 0 radical (unpaired) electrons. The lowest BCUT2D eigenvalue weighted by molar-refractivity contribution is 0.174. The maximum Gasteiger partial charge on any atom is 0.231 e. The SMILES string of the molecule is CC(C)c1ccc(-c2nnc(SCc3csc(-c4ccc5c(c4)OCO5)n3)n2C)cc1. The zero-order chi connectivity index (χ0) is 21.4.